The molecule has 1 amide bonds. The second kappa shape index (κ2) is 3.27. The van der Waals surface area contributed by atoms with E-state index in [0.717, 1.165) is 6.19 Å². The Hall–Kier alpha value is -0.835. The van der Waals surface area contributed by atoms with Crippen LogP contribution in [-0.2, 0) is 9.59 Å². The van der Waals surface area contributed by atoms with Gasteiger partial charge in [-0.05, 0) is 20.4 Å². The van der Waals surface area contributed by atoms with Crippen LogP contribution in [0.3, 0.4) is 0 Å². The summed E-state index contributed by atoms with van der Waals surface area (Å²) in [7, 11) is 0.319. The summed E-state index contributed by atoms with van der Waals surface area (Å²) in [6.45, 7) is 4.53. The minimum absolute atomic E-state index is 0.00236. The zero-order valence-corrected chi connectivity index (χ0v) is 7.39. The summed E-state index contributed by atoms with van der Waals surface area (Å²) in [6.07, 6.45) is 0.795. The fraction of sp³-hybridized carbons (Fsp3) is 0.714. The van der Waals surface area contributed by atoms with Crippen LogP contribution in [0.1, 0.15) is 13.8 Å². The predicted octanol–water partition coefficient (Wildman–Crippen LogP) is -1.36. The molecule has 0 spiro atoms. The van der Waals surface area contributed by atoms with E-state index in [1.54, 1.807) is 0 Å². The Morgan fingerprint density at radius 1 is 1.75 bits per heavy atom. The van der Waals surface area contributed by atoms with Gasteiger partial charge in [-0.3, -0.25) is 4.79 Å². The van der Waals surface area contributed by atoms with Gasteiger partial charge in [-0.1, -0.05) is 0 Å². The summed E-state index contributed by atoms with van der Waals surface area (Å²) in [5, 5.41) is 5.69. The Kier molecular flexibility index (Phi) is 2.52. The maximum atomic E-state index is 11.0. The average molecular weight is 168 g/mol. The van der Waals surface area contributed by atoms with Gasteiger partial charge in [-0.2, -0.15) is 0 Å². The standard InChI is InChI=1S/C7H13BN2O2/c1-7(2)5(6(12)10-7)3-9-8-4-11/h4-5,8-9H,3H2,1-2H3,(H,10,12)/t5-/m0/s1. The lowest BCUT2D eigenvalue weighted by atomic mass is 9.78. The first-order chi connectivity index (χ1) is 5.58. The lowest BCUT2D eigenvalue weighted by molar-refractivity contribution is -0.139. The van der Waals surface area contributed by atoms with Crippen LogP contribution in [0, 0.1) is 5.92 Å². The van der Waals surface area contributed by atoms with E-state index in [2.05, 4.69) is 10.5 Å². The van der Waals surface area contributed by atoms with Crippen molar-refractivity contribution in [2.45, 2.75) is 19.4 Å². The van der Waals surface area contributed by atoms with Crippen molar-refractivity contribution in [2.75, 3.05) is 6.54 Å². The van der Waals surface area contributed by atoms with Gasteiger partial charge in [0, 0.05) is 5.54 Å². The number of hydrogen-bond acceptors (Lipinski definition) is 3. The molecule has 1 aliphatic rings. The van der Waals surface area contributed by atoms with Crippen LogP contribution >= 0.6 is 0 Å². The number of hydrogen-bond donors (Lipinski definition) is 2. The van der Waals surface area contributed by atoms with E-state index in [1.807, 2.05) is 13.8 Å². The third kappa shape index (κ3) is 1.66. The monoisotopic (exact) mass is 168 g/mol. The Morgan fingerprint density at radius 2 is 2.42 bits per heavy atom. The lowest BCUT2D eigenvalue weighted by Gasteiger charge is -2.44. The topological polar surface area (TPSA) is 58.2 Å². The van der Waals surface area contributed by atoms with Gasteiger partial charge in [0.15, 0.2) is 0 Å². The molecular formula is C7H13BN2O2. The maximum absolute atomic E-state index is 11.0. The van der Waals surface area contributed by atoms with Crippen molar-refractivity contribution in [3.8, 4) is 0 Å². The smallest absolute Gasteiger partial charge is 0.278 e. The summed E-state index contributed by atoms with van der Waals surface area (Å²) in [5.74, 6) is 0.0656. The molecule has 2 N–H and O–H groups in total. The van der Waals surface area contributed by atoms with Gasteiger partial charge in [0.05, 0.1) is 12.1 Å². The second-order valence-electron chi connectivity index (χ2n) is 3.59. The summed E-state index contributed by atoms with van der Waals surface area (Å²) in [6, 6.07) is 0. The molecule has 12 heavy (non-hydrogen) atoms. The molecule has 1 heterocycles. The van der Waals surface area contributed by atoms with Gasteiger partial charge < -0.3 is 15.3 Å². The zero-order valence-electron chi connectivity index (χ0n) is 7.39. The Bertz CT molecular complexity index is 206. The molecule has 0 aromatic heterocycles. The SMILES string of the molecule is CC1(C)NC(=O)[C@@H]1CNBC=O. The number of β-lactam (4-membered cyclic amide) rings is 1. The first-order valence-electron chi connectivity index (χ1n) is 4.04. The van der Waals surface area contributed by atoms with E-state index >= 15 is 0 Å². The molecule has 0 bridgehead atoms. The fourth-order valence-electron chi connectivity index (χ4n) is 1.38. The highest BCUT2D eigenvalue weighted by molar-refractivity contribution is 6.64. The van der Waals surface area contributed by atoms with E-state index < -0.39 is 0 Å². The molecule has 1 fully saturated rings. The normalized spacial score (nSPS) is 25.5. The highest BCUT2D eigenvalue weighted by Crippen LogP contribution is 2.25. The maximum Gasteiger partial charge on any atom is 0.278 e. The van der Waals surface area contributed by atoms with Crippen LogP contribution in [0.5, 0.6) is 0 Å². The molecule has 1 atom stereocenters. The molecule has 5 heteroatoms. The van der Waals surface area contributed by atoms with Crippen LogP contribution in [0.25, 0.3) is 0 Å². The summed E-state index contributed by atoms with van der Waals surface area (Å²) in [5.41, 5.74) is -0.118. The van der Waals surface area contributed by atoms with E-state index in [-0.39, 0.29) is 17.4 Å². The second-order valence-corrected chi connectivity index (χ2v) is 3.59. The quantitative estimate of drug-likeness (QED) is 0.236. The van der Waals surface area contributed by atoms with Gasteiger partial charge in [-0.25, -0.2) is 0 Å². The Morgan fingerprint density at radius 3 is 2.83 bits per heavy atom. The van der Waals surface area contributed by atoms with Gasteiger partial charge in [0.2, 0.25) is 5.91 Å². The van der Waals surface area contributed by atoms with Crippen LogP contribution in [-0.4, -0.2) is 31.6 Å². The molecule has 0 aromatic carbocycles. The average Bonchev–Trinajstić information content (AvgIpc) is 1.97. The van der Waals surface area contributed by atoms with Crippen LogP contribution in [0.15, 0.2) is 0 Å². The molecule has 66 valence electrons. The molecule has 0 unspecified atom stereocenters. The van der Waals surface area contributed by atoms with E-state index in [0.29, 0.717) is 14.0 Å². The van der Waals surface area contributed by atoms with Crippen molar-refractivity contribution in [3.63, 3.8) is 0 Å². The van der Waals surface area contributed by atoms with E-state index in [4.69, 9.17) is 0 Å². The van der Waals surface area contributed by atoms with Gasteiger partial charge >= 0.3 is 0 Å². The molecule has 4 nitrogen and oxygen atoms in total. The van der Waals surface area contributed by atoms with E-state index in [9.17, 15) is 9.59 Å². The minimum Gasteiger partial charge on any atom is -0.352 e. The van der Waals surface area contributed by atoms with E-state index in [1.165, 1.54) is 0 Å². The van der Waals surface area contributed by atoms with Gasteiger partial charge in [0.25, 0.3) is 7.41 Å². The first kappa shape index (κ1) is 9.25. The number of carbonyl (C=O) groups is 2. The van der Waals surface area contributed by atoms with Crippen molar-refractivity contribution in [1.82, 2.24) is 10.5 Å². The third-order valence-corrected chi connectivity index (χ3v) is 2.21. The third-order valence-electron chi connectivity index (χ3n) is 2.21. The Balaban J connectivity index is 2.31. The van der Waals surface area contributed by atoms with Crippen molar-refractivity contribution >= 4 is 19.5 Å². The minimum atomic E-state index is -0.118. The van der Waals surface area contributed by atoms with Gasteiger partial charge in [0.1, 0.15) is 0 Å². The highest BCUT2D eigenvalue weighted by Gasteiger charge is 2.45. The first-order valence-corrected chi connectivity index (χ1v) is 4.04. The number of rotatable bonds is 4. The highest BCUT2D eigenvalue weighted by atomic mass is 16.2. The van der Waals surface area contributed by atoms with Crippen molar-refractivity contribution in [1.29, 1.82) is 0 Å². The number of nitrogens with one attached hydrogen (secondary N) is 2. The largest absolute Gasteiger partial charge is 0.352 e. The number of carbonyl (C=O) groups excluding carboxylic acids is 2. The molecule has 1 rings (SSSR count). The summed E-state index contributed by atoms with van der Waals surface area (Å²) < 4.78 is 0. The molecule has 1 saturated heterocycles. The van der Waals surface area contributed by atoms with Crippen molar-refractivity contribution < 1.29 is 9.59 Å². The molecule has 0 radical (unpaired) electrons. The van der Waals surface area contributed by atoms with Crippen LogP contribution < -0.4 is 10.5 Å². The predicted molar refractivity (Wildman–Crippen MR) is 47.6 cm³/mol. The summed E-state index contributed by atoms with van der Waals surface area (Å²) >= 11 is 0. The molecular weight excluding hydrogens is 155 g/mol. The molecule has 0 aromatic rings. The fourth-order valence-corrected chi connectivity index (χ4v) is 1.38. The van der Waals surface area contributed by atoms with Crippen LogP contribution in [0.2, 0.25) is 0 Å². The van der Waals surface area contributed by atoms with Crippen molar-refractivity contribution in [3.05, 3.63) is 0 Å². The zero-order chi connectivity index (χ0) is 9.19. The summed E-state index contributed by atoms with van der Waals surface area (Å²) in [4.78, 5) is 21.0. The molecule has 0 aliphatic carbocycles. The lowest BCUT2D eigenvalue weighted by Crippen LogP contribution is -2.68. The number of amides is 1. The van der Waals surface area contributed by atoms with Crippen LogP contribution in [0.4, 0.5) is 0 Å². The van der Waals surface area contributed by atoms with Crippen molar-refractivity contribution in [2.24, 2.45) is 5.92 Å². The van der Waals surface area contributed by atoms with Gasteiger partial charge in [-0.15, -0.1) is 0 Å². The molecule has 0 saturated carbocycles. The Labute approximate surface area is 72.4 Å². The molecule has 1 aliphatic heterocycles.